The molecule has 0 aliphatic carbocycles. The summed E-state index contributed by atoms with van der Waals surface area (Å²) >= 11 is 0. The topological polar surface area (TPSA) is 39.1 Å². The van der Waals surface area contributed by atoms with Crippen molar-refractivity contribution in [3.05, 3.63) is 17.2 Å². The lowest BCUT2D eigenvalue weighted by Crippen LogP contribution is -2.26. The van der Waals surface area contributed by atoms with Crippen molar-refractivity contribution in [1.82, 2.24) is 14.9 Å². The van der Waals surface area contributed by atoms with Crippen LogP contribution < -0.4 is 5.32 Å². The van der Waals surface area contributed by atoms with Gasteiger partial charge in [-0.25, -0.2) is 4.98 Å². The Kier molecular flexibility index (Phi) is 3.87. The average Bonchev–Trinajstić information content (AvgIpc) is 3.03. The van der Waals surface area contributed by atoms with E-state index in [9.17, 15) is 0 Å². The van der Waals surface area contributed by atoms with E-state index < -0.39 is 0 Å². The lowest BCUT2D eigenvalue weighted by molar-refractivity contribution is 0.0997. The molecule has 20 heavy (non-hydrogen) atoms. The van der Waals surface area contributed by atoms with Gasteiger partial charge in [0.2, 0.25) is 0 Å². The largest absolute Gasteiger partial charge is 0.378 e. The van der Waals surface area contributed by atoms with Crippen LogP contribution in [0.5, 0.6) is 0 Å². The van der Waals surface area contributed by atoms with Crippen molar-refractivity contribution >= 4 is 0 Å². The van der Waals surface area contributed by atoms with Crippen LogP contribution in [0.2, 0.25) is 0 Å². The van der Waals surface area contributed by atoms with E-state index >= 15 is 0 Å². The quantitative estimate of drug-likeness (QED) is 0.922. The summed E-state index contributed by atoms with van der Waals surface area (Å²) in [7, 11) is 0. The van der Waals surface area contributed by atoms with Gasteiger partial charge in [-0.3, -0.25) is 0 Å². The van der Waals surface area contributed by atoms with E-state index in [2.05, 4.69) is 30.7 Å². The second-order valence-corrected chi connectivity index (χ2v) is 7.08. The van der Waals surface area contributed by atoms with Crippen LogP contribution in [0.3, 0.4) is 0 Å². The highest BCUT2D eigenvalue weighted by Crippen LogP contribution is 2.27. The van der Waals surface area contributed by atoms with E-state index in [4.69, 9.17) is 9.72 Å². The second kappa shape index (κ2) is 5.49. The lowest BCUT2D eigenvalue weighted by atomic mass is 9.95. The fraction of sp³-hybridized carbons (Fsp3) is 0.812. The highest BCUT2D eigenvalue weighted by molar-refractivity contribution is 5.23. The van der Waals surface area contributed by atoms with Crippen molar-refractivity contribution < 1.29 is 4.74 Å². The molecule has 3 rings (SSSR count). The van der Waals surface area contributed by atoms with Crippen molar-refractivity contribution in [3.63, 3.8) is 0 Å². The molecule has 3 heterocycles. The van der Waals surface area contributed by atoms with E-state index in [0.29, 0.717) is 6.10 Å². The molecule has 1 atom stereocenters. The summed E-state index contributed by atoms with van der Waals surface area (Å²) in [5.41, 5.74) is 2.81. The number of hydrogen-bond donors (Lipinski definition) is 1. The molecule has 0 spiro atoms. The van der Waals surface area contributed by atoms with Gasteiger partial charge < -0.3 is 14.6 Å². The molecule has 0 saturated carbocycles. The molecule has 2 aliphatic heterocycles. The minimum atomic E-state index is 0.105. The number of nitrogens with zero attached hydrogens (tertiary/aromatic N) is 2. The van der Waals surface area contributed by atoms with Crippen LogP contribution in [-0.2, 0) is 29.7 Å². The van der Waals surface area contributed by atoms with Crippen molar-refractivity contribution in [2.24, 2.45) is 0 Å². The van der Waals surface area contributed by atoms with Gasteiger partial charge in [0.05, 0.1) is 11.8 Å². The number of nitrogens with one attached hydrogen (secondary N) is 1. The molecule has 2 aliphatic rings. The first-order valence-electron chi connectivity index (χ1n) is 7.97. The van der Waals surface area contributed by atoms with Gasteiger partial charge in [-0.2, -0.15) is 0 Å². The SMILES string of the molecule is CC(C)(C)c1nc2c(n1CCC1CCCO1)CCNC2. The highest BCUT2D eigenvalue weighted by atomic mass is 16.5. The third-order valence-corrected chi connectivity index (χ3v) is 4.36. The first kappa shape index (κ1) is 14.1. The van der Waals surface area contributed by atoms with Gasteiger partial charge in [0.1, 0.15) is 5.82 Å². The zero-order valence-electron chi connectivity index (χ0n) is 13.0. The van der Waals surface area contributed by atoms with Gasteiger partial charge in [-0.05, 0) is 19.3 Å². The van der Waals surface area contributed by atoms with Gasteiger partial charge in [0.25, 0.3) is 0 Å². The van der Waals surface area contributed by atoms with Crippen molar-refractivity contribution in [2.75, 3.05) is 13.2 Å². The molecule has 0 bridgehead atoms. The normalized spacial score (nSPS) is 23.1. The van der Waals surface area contributed by atoms with E-state index in [1.165, 1.54) is 30.1 Å². The molecule has 1 fully saturated rings. The van der Waals surface area contributed by atoms with E-state index in [1.54, 1.807) is 0 Å². The molecule has 112 valence electrons. The van der Waals surface area contributed by atoms with Crippen molar-refractivity contribution in [3.8, 4) is 0 Å². The fourth-order valence-electron chi connectivity index (χ4n) is 3.33. The van der Waals surface area contributed by atoms with E-state index in [1.807, 2.05) is 0 Å². The Bertz CT molecular complexity index is 467. The lowest BCUT2D eigenvalue weighted by Gasteiger charge is -2.22. The Labute approximate surface area is 121 Å². The third kappa shape index (κ3) is 2.77. The number of rotatable bonds is 3. The predicted octanol–water partition coefficient (Wildman–Crippen LogP) is 2.40. The van der Waals surface area contributed by atoms with Crippen molar-refractivity contribution in [2.45, 2.75) is 71.1 Å². The second-order valence-electron chi connectivity index (χ2n) is 7.08. The van der Waals surface area contributed by atoms with Crippen LogP contribution in [0.15, 0.2) is 0 Å². The Morgan fingerprint density at radius 2 is 2.25 bits per heavy atom. The fourth-order valence-corrected chi connectivity index (χ4v) is 3.33. The van der Waals surface area contributed by atoms with Gasteiger partial charge in [-0.1, -0.05) is 20.8 Å². The summed E-state index contributed by atoms with van der Waals surface area (Å²) < 4.78 is 8.26. The third-order valence-electron chi connectivity index (χ3n) is 4.36. The molecule has 1 saturated heterocycles. The molecule has 0 amide bonds. The first-order valence-corrected chi connectivity index (χ1v) is 7.97. The van der Waals surface area contributed by atoms with Crippen molar-refractivity contribution in [1.29, 1.82) is 0 Å². The number of aromatic nitrogens is 2. The summed E-state index contributed by atoms with van der Waals surface area (Å²) in [6.07, 6.45) is 5.14. The number of fused-ring (bicyclic) bond motifs is 1. The summed E-state index contributed by atoms with van der Waals surface area (Å²) in [5.74, 6) is 1.24. The van der Waals surface area contributed by atoms with Crippen LogP contribution in [-0.4, -0.2) is 28.8 Å². The Morgan fingerprint density at radius 1 is 1.40 bits per heavy atom. The van der Waals surface area contributed by atoms with E-state index in [-0.39, 0.29) is 5.41 Å². The van der Waals surface area contributed by atoms with Crippen LogP contribution >= 0.6 is 0 Å². The van der Waals surface area contributed by atoms with Gasteiger partial charge in [0, 0.05) is 43.8 Å². The standard InChI is InChI=1S/C16H27N3O/c1-16(2,3)15-18-13-11-17-8-6-14(13)19(15)9-7-12-5-4-10-20-12/h12,17H,4-11H2,1-3H3. The Balaban J connectivity index is 1.84. The van der Waals surface area contributed by atoms with E-state index in [0.717, 1.165) is 39.1 Å². The number of hydrogen-bond acceptors (Lipinski definition) is 3. The smallest absolute Gasteiger partial charge is 0.114 e. The monoisotopic (exact) mass is 277 g/mol. The first-order chi connectivity index (χ1) is 9.55. The zero-order chi connectivity index (χ0) is 14.2. The summed E-state index contributed by atoms with van der Waals surface area (Å²) in [5, 5.41) is 3.43. The molecule has 0 radical (unpaired) electrons. The molecule has 1 unspecified atom stereocenters. The van der Waals surface area contributed by atoms with Crippen LogP contribution in [0.4, 0.5) is 0 Å². The molecule has 1 aromatic rings. The Hall–Kier alpha value is -0.870. The molecule has 4 heteroatoms. The minimum Gasteiger partial charge on any atom is -0.378 e. The van der Waals surface area contributed by atoms with Gasteiger partial charge in [-0.15, -0.1) is 0 Å². The number of ether oxygens (including phenoxy) is 1. The van der Waals surface area contributed by atoms with Gasteiger partial charge >= 0.3 is 0 Å². The molecule has 1 aromatic heterocycles. The summed E-state index contributed by atoms with van der Waals surface area (Å²) in [6.45, 7) is 10.8. The highest BCUT2D eigenvalue weighted by Gasteiger charge is 2.27. The zero-order valence-corrected chi connectivity index (χ0v) is 13.0. The molecule has 4 nitrogen and oxygen atoms in total. The molecule has 0 aromatic carbocycles. The maximum absolute atomic E-state index is 5.77. The van der Waals surface area contributed by atoms with Gasteiger partial charge in [0.15, 0.2) is 0 Å². The molecule has 1 N–H and O–H groups in total. The molecular formula is C16H27N3O. The maximum atomic E-state index is 5.77. The van der Waals surface area contributed by atoms with Crippen LogP contribution in [0.1, 0.15) is 57.2 Å². The van der Waals surface area contributed by atoms with Crippen LogP contribution in [0.25, 0.3) is 0 Å². The summed E-state index contributed by atoms with van der Waals surface area (Å²) in [6, 6.07) is 0. The average molecular weight is 277 g/mol. The minimum absolute atomic E-state index is 0.105. The van der Waals surface area contributed by atoms with Crippen LogP contribution in [0, 0.1) is 0 Å². The summed E-state index contributed by atoms with van der Waals surface area (Å²) in [4.78, 5) is 4.93. The maximum Gasteiger partial charge on any atom is 0.114 e. The Morgan fingerprint density at radius 3 is 2.95 bits per heavy atom. The predicted molar refractivity (Wildman–Crippen MR) is 79.9 cm³/mol. The number of imidazole rings is 1. The molecular weight excluding hydrogens is 250 g/mol.